The zero-order chi connectivity index (χ0) is 22.0. The molecule has 0 aliphatic carbocycles. The van der Waals surface area contributed by atoms with Crippen LogP contribution >= 0.6 is 11.3 Å². The van der Waals surface area contributed by atoms with Gasteiger partial charge in [0.15, 0.2) is 0 Å². The summed E-state index contributed by atoms with van der Waals surface area (Å²) in [6.07, 6.45) is 2.43. The molecule has 1 aliphatic heterocycles. The predicted octanol–water partition coefficient (Wildman–Crippen LogP) is 5.61. The van der Waals surface area contributed by atoms with Crippen molar-refractivity contribution in [1.82, 2.24) is 0 Å². The van der Waals surface area contributed by atoms with Crippen molar-refractivity contribution in [1.29, 1.82) is 0 Å². The van der Waals surface area contributed by atoms with E-state index < -0.39 is 11.7 Å². The van der Waals surface area contributed by atoms with Gasteiger partial charge in [0, 0.05) is 30.0 Å². The molecule has 2 aromatic carbocycles. The molecular formula is C24H24FN3O2S. The first-order valence-corrected chi connectivity index (χ1v) is 11.1. The smallest absolute Gasteiger partial charge is 0.266 e. The van der Waals surface area contributed by atoms with Crippen molar-refractivity contribution in [2.24, 2.45) is 0 Å². The van der Waals surface area contributed by atoms with Crippen molar-refractivity contribution in [2.75, 3.05) is 28.6 Å². The molecule has 160 valence electrons. The second-order valence-corrected chi connectivity index (χ2v) is 8.79. The fraction of sp³-hybridized carbons (Fsp3) is 0.250. The number of nitrogens with zero attached hydrogens (tertiary/aromatic N) is 1. The minimum Gasteiger partial charge on any atom is -0.371 e. The van der Waals surface area contributed by atoms with Gasteiger partial charge >= 0.3 is 0 Å². The van der Waals surface area contributed by atoms with Crippen LogP contribution in [0.1, 0.15) is 44.0 Å². The van der Waals surface area contributed by atoms with E-state index in [0.29, 0.717) is 9.88 Å². The molecule has 1 fully saturated rings. The molecule has 5 nitrogen and oxygen atoms in total. The van der Waals surface area contributed by atoms with E-state index in [0.717, 1.165) is 29.9 Å². The van der Waals surface area contributed by atoms with Crippen molar-refractivity contribution >= 4 is 39.5 Å². The summed E-state index contributed by atoms with van der Waals surface area (Å²) in [5, 5.41) is 6.23. The highest BCUT2D eigenvalue weighted by molar-refractivity contribution is 7.18. The highest BCUT2D eigenvalue weighted by atomic mass is 32.1. The van der Waals surface area contributed by atoms with E-state index in [-0.39, 0.29) is 11.5 Å². The molecule has 0 bridgehead atoms. The number of halogens is 1. The van der Waals surface area contributed by atoms with Crippen LogP contribution in [0.4, 0.5) is 20.8 Å². The minimum atomic E-state index is -0.471. The minimum absolute atomic E-state index is 0.220. The fourth-order valence-corrected chi connectivity index (χ4v) is 4.78. The molecule has 0 saturated carbocycles. The Morgan fingerprint density at radius 1 is 0.935 bits per heavy atom. The molecule has 0 unspecified atom stereocenters. The van der Waals surface area contributed by atoms with Gasteiger partial charge in [0.05, 0.1) is 9.88 Å². The number of amides is 2. The van der Waals surface area contributed by atoms with Crippen LogP contribution in [0.25, 0.3) is 0 Å². The van der Waals surface area contributed by atoms with Gasteiger partial charge in [-0.1, -0.05) is 6.07 Å². The van der Waals surface area contributed by atoms with Gasteiger partial charge < -0.3 is 15.5 Å². The average Bonchev–Trinajstić information content (AvgIpc) is 3.38. The maximum absolute atomic E-state index is 13.4. The highest BCUT2D eigenvalue weighted by Gasteiger charge is 2.18. The number of hydrogen-bond acceptors (Lipinski definition) is 4. The molecule has 1 saturated heterocycles. The van der Waals surface area contributed by atoms with Crippen molar-refractivity contribution in [3.8, 4) is 0 Å². The first kappa shape index (κ1) is 21.1. The molecule has 2 N–H and O–H groups in total. The number of benzene rings is 2. The standard InChI is InChI=1S/C24H24FN3O2S/c1-15-12-19(8-9-20(15)28-10-3-4-11-28)26-24(30)22-16(2)13-21(31-22)27-23(29)17-6-5-7-18(25)14-17/h5-9,12-14H,3-4,10-11H2,1-2H3,(H,26,30)(H,27,29). The molecule has 3 aromatic rings. The van der Waals surface area contributed by atoms with Crippen molar-refractivity contribution in [3.63, 3.8) is 0 Å². The van der Waals surface area contributed by atoms with Crippen LogP contribution in [0.15, 0.2) is 48.5 Å². The van der Waals surface area contributed by atoms with E-state index in [1.165, 1.54) is 48.1 Å². The highest BCUT2D eigenvalue weighted by Crippen LogP contribution is 2.30. The Morgan fingerprint density at radius 2 is 1.71 bits per heavy atom. The van der Waals surface area contributed by atoms with Crippen LogP contribution in [0.3, 0.4) is 0 Å². The Labute approximate surface area is 184 Å². The zero-order valence-electron chi connectivity index (χ0n) is 17.5. The SMILES string of the molecule is Cc1cc(NC(=O)c2sc(NC(=O)c3cccc(F)c3)cc2C)ccc1N1CCCC1. The monoisotopic (exact) mass is 437 g/mol. The Kier molecular flexibility index (Phi) is 6.04. The van der Waals surface area contributed by atoms with E-state index in [1.807, 2.05) is 19.1 Å². The topological polar surface area (TPSA) is 61.4 Å². The van der Waals surface area contributed by atoms with Crippen molar-refractivity contribution in [2.45, 2.75) is 26.7 Å². The van der Waals surface area contributed by atoms with Gasteiger partial charge in [0.25, 0.3) is 11.8 Å². The molecule has 31 heavy (non-hydrogen) atoms. The van der Waals surface area contributed by atoms with Crippen LogP contribution < -0.4 is 15.5 Å². The molecule has 7 heteroatoms. The Morgan fingerprint density at radius 3 is 2.42 bits per heavy atom. The molecule has 1 aliphatic rings. The molecule has 1 aromatic heterocycles. The zero-order valence-corrected chi connectivity index (χ0v) is 18.3. The second-order valence-electron chi connectivity index (χ2n) is 7.74. The number of aryl methyl sites for hydroxylation is 2. The summed E-state index contributed by atoms with van der Waals surface area (Å²) in [4.78, 5) is 28.1. The maximum atomic E-state index is 13.4. The summed E-state index contributed by atoms with van der Waals surface area (Å²) in [7, 11) is 0. The van der Waals surface area contributed by atoms with E-state index in [9.17, 15) is 14.0 Å². The van der Waals surface area contributed by atoms with E-state index in [2.05, 4.69) is 28.5 Å². The lowest BCUT2D eigenvalue weighted by molar-refractivity contribution is 0.101. The number of anilines is 3. The van der Waals surface area contributed by atoms with Crippen LogP contribution in [0, 0.1) is 19.7 Å². The lowest BCUT2D eigenvalue weighted by Gasteiger charge is -2.20. The van der Waals surface area contributed by atoms with Gasteiger partial charge in [-0.3, -0.25) is 9.59 Å². The summed E-state index contributed by atoms with van der Waals surface area (Å²) >= 11 is 1.20. The van der Waals surface area contributed by atoms with Gasteiger partial charge in [0.1, 0.15) is 5.82 Å². The number of nitrogens with one attached hydrogen (secondary N) is 2. The maximum Gasteiger partial charge on any atom is 0.266 e. The first-order valence-electron chi connectivity index (χ1n) is 10.2. The number of carbonyl (C=O) groups excluding carboxylic acids is 2. The Hall–Kier alpha value is -3.19. The van der Waals surface area contributed by atoms with Gasteiger partial charge in [0.2, 0.25) is 0 Å². The largest absolute Gasteiger partial charge is 0.371 e. The van der Waals surface area contributed by atoms with Crippen molar-refractivity contribution in [3.05, 3.63) is 75.9 Å². The lowest BCUT2D eigenvalue weighted by atomic mass is 10.1. The summed E-state index contributed by atoms with van der Waals surface area (Å²) in [6.45, 7) is 6.03. The van der Waals surface area contributed by atoms with Crippen molar-refractivity contribution < 1.29 is 14.0 Å². The first-order chi connectivity index (χ1) is 14.9. The van der Waals surface area contributed by atoms with Crippen LogP contribution in [-0.4, -0.2) is 24.9 Å². The molecule has 0 atom stereocenters. The second kappa shape index (κ2) is 8.89. The third kappa shape index (κ3) is 4.77. The van der Waals surface area contributed by atoms with Gasteiger partial charge in [-0.05, 0) is 80.3 Å². The molecule has 2 heterocycles. The summed E-state index contributed by atoms with van der Waals surface area (Å²) < 4.78 is 13.4. The third-order valence-corrected chi connectivity index (χ3v) is 6.50. The average molecular weight is 438 g/mol. The Bertz CT molecular complexity index is 1140. The molecule has 2 amide bonds. The van der Waals surface area contributed by atoms with E-state index >= 15 is 0 Å². The predicted molar refractivity (Wildman–Crippen MR) is 124 cm³/mol. The molecule has 0 radical (unpaired) electrons. The lowest BCUT2D eigenvalue weighted by Crippen LogP contribution is -2.19. The molecule has 4 rings (SSSR count). The Balaban J connectivity index is 1.45. The fourth-order valence-electron chi connectivity index (χ4n) is 3.82. The quantitative estimate of drug-likeness (QED) is 0.545. The molecular weight excluding hydrogens is 413 g/mol. The number of hydrogen-bond donors (Lipinski definition) is 2. The summed E-state index contributed by atoms with van der Waals surface area (Å²) in [6, 6.07) is 13.2. The number of thiophene rings is 1. The van der Waals surface area contributed by atoms with Crippen LogP contribution in [0.5, 0.6) is 0 Å². The summed E-state index contributed by atoms with van der Waals surface area (Å²) in [5.41, 5.74) is 4.08. The third-order valence-electron chi connectivity index (χ3n) is 5.35. The van der Waals surface area contributed by atoms with E-state index in [1.54, 1.807) is 12.1 Å². The van der Waals surface area contributed by atoms with E-state index in [4.69, 9.17) is 0 Å². The van der Waals surface area contributed by atoms with Crippen LogP contribution in [-0.2, 0) is 0 Å². The van der Waals surface area contributed by atoms with Gasteiger partial charge in [-0.15, -0.1) is 11.3 Å². The normalized spacial score (nSPS) is 13.3. The number of carbonyl (C=O) groups is 2. The number of rotatable bonds is 5. The van der Waals surface area contributed by atoms with Gasteiger partial charge in [-0.25, -0.2) is 4.39 Å². The summed E-state index contributed by atoms with van der Waals surface area (Å²) in [5.74, 6) is -1.11. The van der Waals surface area contributed by atoms with Crippen LogP contribution in [0.2, 0.25) is 0 Å². The molecule has 0 spiro atoms. The van der Waals surface area contributed by atoms with Gasteiger partial charge in [-0.2, -0.15) is 0 Å².